The maximum Gasteiger partial charge on any atom is 0.0678 e. The molecular weight excluding hydrogens is 268 g/mol. The Morgan fingerprint density at radius 2 is 2.44 bits per heavy atom. The summed E-state index contributed by atoms with van der Waals surface area (Å²) in [5, 5.41) is 3.40. The van der Waals surface area contributed by atoms with Gasteiger partial charge in [-0.25, -0.2) is 0 Å². The van der Waals surface area contributed by atoms with Gasteiger partial charge in [0.2, 0.25) is 0 Å². The summed E-state index contributed by atoms with van der Waals surface area (Å²) in [6.45, 7) is 3.82. The zero-order valence-corrected chi connectivity index (χ0v) is 11.0. The highest BCUT2D eigenvalue weighted by atomic mass is 79.9. The molecule has 0 aliphatic carbocycles. The molecule has 1 heterocycles. The number of anilines is 1. The molecule has 1 saturated heterocycles. The molecule has 0 spiro atoms. The van der Waals surface area contributed by atoms with Crippen molar-refractivity contribution in [2.45, 2.75) is 6.04 Å². The van der Waals surface area contributed by atoms with Crippen molar-refractivity contribution >= 4 is 21.6 Å². The fourth-order valence-corrected chi connectivity index (χ4v) is 2.48. The lowest BCUT2D eigenvalue weighted by atomic mass is 10.1. The van der Waals surface area contributed by atoms with Gasteiger partial charge in [0.05, 0.1) is 12.6 Å². The predicted octanol–water partition coefficient (Wildman–Crippen LogP) is 1.87. The monoisotopic (exact) mass is 284 g/mol. The lowest BCUT2D eigenvalue weighted by molar-refractivity contribution is 0.170. The quantitative estimate of drug-likeness (QED) is 0.917. The predicted molar refractivity (Wildman–Crippen MR) is 70.0 cm³/mol. The number of methoxy groups -OCH3 is 1. The van der Waals surface area contributed by atoms with E-state index < -0.39 is 0 Å². The second kappa shape index (κ2) is 5.66. The Morgan fingerprint density at radius 1 is 1.56 bits per heavy atom. The van der Waals surface area contributed by atoms with Crippen LogP contribution in [0.3, 0.4) is 0 Å². The molecule has 1 N–H and O–H groups in total. The third-order valence-corrected chi connectivity index (χ3v) is 3.34. The van der Waals surface area contributed by atoms with Crippen LogP contribution in [0.25, 0.3) is 0 Å². The Kier molecular flexibility index (Phi) is 4.21. The molecule has 0 saturated carbocycles. The second-order valence-corrected chi connectivity index (χ2v) is 4.90. The van der Waals surface area contributed by atoms with Gasteiger partial charge in [-0.2, -0.15) is 0 Å². The van der Waals surface area contributed by atoms with Crippen molar-refractivity contribution in [3.63, 3.8) is 0 Å². The van der Waals surface area contributed by atoms with E-state index in [4.69, 9.17) is 4.74 Å². The van der Waals surface area contributed by atoms with Crippen molar-refractivity contribution in [1.82, 2.24) is 5.32 Å². The van der Waals surface area contributed by atoms with Crippen LogP contribution in [0.2, 0.25) is 0 Å². The average molecular weight is 285 g/mol. The van der Waals surface area contributed by atoms with Gasteiger partial charge >= 0.3 is 0 Å². The van der Waals surface area contributed by atoms with Gasteiger partial charge in [-0.3, -0.25) is 0 Å². The number of hydrogen-bond donors (Lipinski definition) is 1. The van der Waals surface area contributed by atoms with Crippen molar-refractivity contribution in [2.75, 3.05) is 38.3 Å². The third-order valence-electron chi connectivity index (χ3n) is 2.85. The smallest absolute Gasteiger partial charge is 0.0678 e. The summed E-state index contributed by atoms with van der Waals surface area (Å²) in [6.07, 6.45) is 0. The first-order valence-electron chi connectivity index (χ1n) is 5.53. The molecule has 0 amide bonds. The molecule has 1 unspecified atom stereocenters. The van der Waals surface area contributed by atoms with Crippen LogP contribution >= 0.6 is 15.9 Å². The summed E-state index contributed by atoms with van der Waals surface area (Å²) >= 11 is 3.51. The maximum atomic E-state index is 5.27. The van der Waals surface area contributed by atoms with Crippen LogP contribution in [0.5, 0.6) is 0 Å². The highest BCUT2D eigenvalue weighted by molar-refractivity contribution is 9.10. The Labute approximate surface area is 105 Å². The highest BCUT2D eigenvalue weighted by Gasteiger charge is 2.22. The van der Waals surface area contributed by atoms with Crippen LogP contribution < -0.4 is 10.2 Å². The fraction of sp³-hybridized carbons (Fsp3) is 0.500. The number of nitrogens with zero attached hydrogens (tertiary/aromatic N) is 1. The zero-order chi connectivity index (χ0) is 11.4. The minimum atomic E-state index is 0.424. The van der Waals surface area contributed by atoms with Crippen molar-refractivity contribution in [1.29, 1.82) is 0 Å². The second-order valence-electron chi connectivity index (χ2n) is 3.99. The molecule has 1 atom stereocenters. The number of rotatable bonds is 3. The number of piperazine rings is 1. The van der Waals surface area contributed by atoms with Crippen molar-refractivity contribution in [3.05, 3.63) is 28.7 Å². The summed E-state index contributed by atoms with van der Waals surface area (Å²) in [5.74, 6) is 0. The largest absolute Gasteiger partial charge is 0.383 e. The van der Waals surface area contributed by atoms with E-state index in [2.05, 4.69) is 50.4 Å². The third kappa shape index (κ3) is 2.75. The average Bonchev–Trinajstić information content (AvgIpc) is 2.30. The summed E-state index contributed by atoms with van der Waals surface area (Å²) in [7, 11) is 1.76. The molecule has 1 aromatic rings. The molecule has 1 aromatic carbocycles. The maximum absolute atomic E-state index is 5.27. The molecule has 4 heteroatoms. The van der Waals surface area contributed by atoms with E-state index >= 15 is 0 Å². The summed E-state index contributed by atoms with van der Waals surface area (Å²) in [4.78, 5) is 2.41. The van der Waals surface area contributed by atoms with Crippen molar-refractivity contribution in [2.24, 2.45) is 0 Å². The molecule has 1 aliphatic rings. The van der Waals surface area contributed by atoms with Gasteiger partial charge in [0.1, 0.15) is 0 Å². The topological polar surface area (TPSA) is 24.5 Å². The van der Waals surface area contributed by atoms with E-state index in [1.54, 1.807) is 7.11 Å². The van der Waals surface area contributed by atoms with Crippen LogP contribution in [0.4, 0.5) is 5.69 Å². The highest BCUT2D eigenvalue weighted by Crippen LogP contribution is 2.22. The van der Waals surface area contributed by atoms with Crippen molar-refractivity contribution < 1.29 is 4.74 Å². The van der Waals surface area contributed by atoms with E-state index in [-0.39, 0.29) is 0 Å². The molecule has 0 bridgehead atoms. The normalized spacial score (nSPS) is 21.1. The van der Waals surface area contributed by atoms with Crippen LogP contribution in [-0.2, 0) is 4.74 Å². The van der Waals surface area contributed by atoms with Gasteiger partial charge in [0, 0.05) is 36.9 Å². The number of hydrogen-bond acceptors (Lipinski definition) is 3. The molecule has 1 aliphatic heterocycles. The summed E-state index contributed by atoms with van der Waals surface area (Å²) in [6, 6.07) is 8.86. The molecule has 16 heavy (non-hydrogen) atoms. The first-order valence-corrected chi connectivity index (χ1v) is 6.32. The lowest BCUT2D eigenvalue weighted by Crippen LogP contribution is -2.53. The minimum Gasteiger partial charge on any atom is -0.383 e. The van der Waals surface area contributed by atoms with E-state index in [0.717, 1.165) is 30.7 Å². The number of nitrogens with one attached hydrogen (secondary N) is 1. The molecule has 88 valence electrons. The molecular formula is C12H17BrN2O. The van der Waals surface area contributed by atoms with Gasteiger partial charge in [0.15, 0.2) is 0 Å². The van der Waals surface area contributed by atoms with E-state index in [0.29, 0.717) is 6.04 Å². The molecule has 2 rings (SSSR count). The van der Waals surface area contributed by atoms with E-state index in [1.807, 2.05) is 0 Å². The van der Waals surface area contributed by atoms with Gasteiger partial charge in [0.25, 0.3) is 0 Å². The number of ether oxygens (including phenoxy) is 1. The SMILES string of the molecule is COCC1CNCCN1c1cccc(Br)c1. The Bertz CT molecular complexity index is 344. The first kappa shape index (κ1) is 11.9. The molecule has 0 aromatic heterocycles. The molecule has 1 fully saturated rings. The van der Waals surface area contributed by atoms with Crippen LogP contribution in [0.15, 0.2) is 28.7 Å². The Morgan fingerprint density at radius 3 is 3.19 bits per heavy atom. The Hall–Kier alpha value is -0.580. The summed E-state index contributed by atoms with van der Waals surface area (Å²) in [5.41, 5.74) is 1.26. The zero-order valence-electron chi connectivity index (χ0n) is 9.45. The standard InChI is InChI=1S/C12H17BrN2O/c1-16-9-12-8-14-5-6-15(12)11-4-2-3-10(13)7-11/h2-4,7,12,14H,5-6,8-9H2,1H3. The fourth-order valence-electron chi connectivity index (χ4n) is 2.10. The van der Waals surface area contributed by atoms with Crippen molar-refractivity contribution in [3.8, 4) is 0 Å². The lowest BCUT2D eigenvalue weighted by Gasteiger charge is -2.37. The van der Waals surface area contributed by atoms with Crippen LogP contribution in [0, 0.1) is 0 Å². The van der Waals surface area contributed by atoms with Crippen LogP contribution in [0.1, 0.15) is 0 Å². The molecule has 0 radical (unpaired) electrons. The number of benzene rings is 1. The minimum absolute atomic E-state index is 0.424. The van der Waals surface area contributed by atoms with E-state index in [9.17, 15) is 0 Å². The van der Waals surface area contributed by atoms with Gasteiger partial charge in [-0.05, 0) is 18.2 Å². The first-order chi connectivity index (χ1) is 7.81. The Balaban J connectivity index is 2.16. The van der Waals surface area contributed by atoms with Crippen LogP contribution in [-0.4, -0.2) is 39.4 Å². The molecule has 3 nitrogen and oxygen atoms in total. The van der Waals surface area contributed by atoms with Gasteiger partial charge in [-0.15, -0.1) is 0 Å². The van der Waals surface area contributed by atoms with Gasteiger partial charge < -0.3 is 15.0 Å². The van der Waals surface area contributed by atoms with E-state index in [1.165, 1.54) is 5.69 Å². The summed E-state index contributed by atoms with van der Waals surface area (Å²) < 4.78 is 6.39. The van der Waals surface area contributed by atoms with Gasteiger partial charge in [-0.1, -0.05) is 22.0 Å². The number of halogens is 1.